The van der Waals surface area contributed by atoms with Crippen molar-refractivity contribution in [3.8, 4) is 0 Å². The first-order valence-corrected chi connectivity index (χ1v) is 17.2. The van der Waals surface area contributed by atoms with Crippen molar-refractivity contribution in [2.24, 2.45) is 5.92 Å². The SMILES string of the molecule is CCCCCCCCCCCCC1CCCCC1(CCCCCCCCCCCC)OP(=O)(O)O. The summed E-state index contributed by atoms with van der Waals surface area (Å²) in [5.74, 6) is 0.302. The minimum absolute atomic E-state index is 0.302. The Bertz CT molecular complexity index is 520. The van der Waals surface area contributed by atoms with Crippen LogP contribution in [0.2, 0.25) is 0 Å². The lowest BCUT2D eigenvalue weighted by Crippen LogP contribution is -2.42. The first-order valence-electron chi connectivity index (χ1n) is 15.7. The minimum atomic E-state index is -4.48. The molecule has 1 saturated carbocycles. The summed E-state index contributed by atoms with van der Waals surface area (Å²) >= 11 is 0. The number of hydrogen-bond acceptors (Lipinski definition) is 2. The van der Waals surface area contributed by atoms with Crippen molar-refractivity contribution in [3.63, 3.8) is 0 Å². The molecule has 1 aliphatic carbocycles. The third-order valence-electron chi connectivity index (χ3n) is 8.31. The number of phosphoric acid groups is 1. The lowest BCUT2D eigenvalue weighted by atomic mass is 9.70. The van der Waals surface area contributed by atoms with Crippen LogP contribution >= 0.6 is 7.82 Å². The standard InChI is InChI=1S/C30H61O4P/c1-3-5-7-9-11-13-15-17-19-21-25-29-26-22-24-28-30(29,34-35(31,32)33)27-23-20-18-16-14-12-10-8-6-4-2/h29H,3-28H2,1-2H3,(H2,31,32,33). The molecule has 0 spiro atoms. The average Bonchev–Trinajstić information content (AvgIpc) is 2.81. The zero-order valence-corrected chi connectivity index (χ0v) is 24.5. The highest BCUT2D eigenvalue weighted by molar-refractivity contribution is 7.46. The molecule has 35 heavy (non-hydrogen) atoms. The molecule has 210 valence electrons. The van der Waals surface area contributed by atoms with Crippen LogP contribution in [0.5, 0.6) is 0 Å². The predicted molar refractivity (Wildman–Crippen MR) is 151 cm³/mol. The van der Waals surface area contributed by atoms with E-state index in [0.29, 0.717) is 5.92 Å². The molecule has 0 amide bonds. The zero-order chi connectivity index (χ0) is 25.7. The van der Waals surface area contributed by atoms with E-state index in [2.05, 4.69) is 13.8 Å². The van der Waals surface area contributed by atoms with Gasteiger partial charge in [-0.3, -0.25) is 4.52 Å². The van der Waals surface area contributed by atoms with Crippen molar-refractivity contribution in [2.45, 2.75) is 186 Å². The van der Waals surface area contributed by atoms with E-state index in [1.54, 1.807) is 0 Å². The van der Waals surface area contributed by atoms with Gasteiger partial charge in [0.25, 0.3) is 0 Å². The average molecular weight is 517 g/mol. The van der Waals surface area contributed by atoms with E-state index < -0.39 is 13.4 Å². The Kier molecular flexibility index (Phi) is 20.0. The molecule has 0 radical (unpaired) electrons. The van der Waals surface area contributed by atoms with Gasteiger partial charge in [0.05, 0.1) is 5.60 Å². The second kappa shape index (κ2) is 21.1. The van der Waals surface area contributed by atoms with Crippen LogP contribution in [0.3, 0.4) is 0 Å². The summed E-state index contributed by atoms with van der Waals surface area (Å²) in [5.41, 5.74) is -0.600. The zero-order valence-electron chi connectivity index (χ0n) is 23.6. The Morgan fingerprint density at radius 1 is 0.657 bits per heavy atom. The van der Waals surface area contributed by atoms with Gasteiger partial charge in [-0.25, -0.2) is 4.57 Å². The minimum Gasteiger partial charge on any atom is -0.303 e. The van der Waals surface area contributed by atoms with Crippen LogP contribution in [0.1, 0.15) is 181 Å². The number of phosphoric ester groups is 1. The smallest absolute Gasteiger partial charge is 0.303 e. The summed E-state index contributed by atoms with van der Waals surface area (Å²) in [6.07, 6.45) is 32.0. The third-order valence-corrected chi connectivity index (χ3v) is 8.91. The summed E-state index contributed by atoms with van der Waals surface area (Å²) in [7, 11) is -4.48. The van der Waals surface area contributed by atoms with Crippen LogP contribution < -0.4 is 0 Å². The van der Waals surface area contributed by atoms with Crippen molar-refractivity contribution < 1.29 is 18.9 Å². The monoisotopic (exact) mass is 516 g/mol. The van der Waals surface area contributed by atoms with Gasteiger partial charge in [0.1, 0.15) is 0 Å². The van der Waals surface area contributed by atoms with Gasteiger partial charge in [0, 0.05) is 0 Å². The molecule has 5 heteroatoms. The summed E-state index contributed by atoms with van der Waals surface area (Å²) < 4.78 is 17.6. The molecule has 2 unspecified atom stereocenters. The molecule has 0 aliphatic heterocycles. The number of rotatable bonds is 24. The van der Waals surface area contributed by atoms with Crippen molar-refractivity contribution in [1.29, 1.82) is 0 Å². The fourth-order valence-corrected chi connectivity index (χ4v) is 7.02. The number of hydrogen-bond donors (Lipinski definition) is 2. The molecule has 1 rings (SSSR count). The molecule has 4 nitrogen and oxygen atoms in total. The lowest BCUT2D eigenvalue weighted by molar-refractivity contribution is -0.0553. The van der Waals surface area contributed by atoms with Gasteiger partial charge in [0.2, 0.25) is 0 Å². The van der Waals surface area contributed by atoms with E-state index >= 15 is 0 Å². The van der Waals surface area contributed by atoms with Gasteiger partial charge in [-0.05, 0) is 31.6 Å². The first-order chi connectivity index (χ1) is 16.9. The van der Waals surface area contributed by atoms with E-state index in [1.165, 1.54) is 122 Å². The van der Waals surface area contributed by atoms with Crippen molar-refractivity contribution in [3.05, 3.63) is 0 Å². The van der Waals surface area contributed by atoms with Crippen LogP contribution in [0.4, 0.5) is 0 Å². The van der Waals surface area contributed by atoms with Crippen molar-refractivity contribution in [1.82, 2.24) is 0 Å². The Morgan fingerprint density at radius 3 is 1.54 bits per heavy atom. The van der Waals surface area contributed by atoms with E-state index in [4.69, 9.17) is 4.52 Å². The van der Waals surface area contributed by atoms with Crippen LogP contribution in [0.25, 0.3) is 0 Å². The second-order valence-electron chi connectivity index (χ2n) is 11.5. The van der Waals surface area contributed by atoms with Crippen molar-refractivity contribution in [2.75, 3.05) is 0 Å². The topological polar surface area (TPSA) is 66.8 Å². The second-order valence-corrected chi connectivity index (χ2v) is 12.7. The van der Waals surface area contributed by atoms with Crippen LogP contribution in [0.15, 0.2) is 0 Å². The highest BCUT2D eigenvalue weighted by Crippen LogP contribution is 2.52. The maximum atomic E-state index is 11.9. The normalized spacial score (nSPS) is 21.0. The molecule has 0 heterocycles. The van der Waals surface area contributed by atoms with E-state index in [0.717, 1.165) is 44.9 Å². The highest BCUT2D eigenvalue weighted by atomic mass is 31.2. The van der Waals surface area contributed by atoms with Gasteiger partial charge < -0.3 is 9.79 Å². The van der Waals surface area contributed by atoms with Gasteiger partial charge in [0.15, 0.2) is 0 Å². The van der Waals surface area contributed by atoms with Gasteiger partial charge in [-0.1, -0.05) is 155 Å². The third kappa shape index (κ3) is 17.3. The van der Waals surface area contributed by atoms with E-state index in [9.17, 15) is 14.4 Å². The molecule has 1 aliphatic rings. The largest absolute Gasteiger partial charge is 0.470 e. The van der Waals surface area contributed by atoms with Gasteiger partial charge in [-0.2, -0.15) is 0 Å². The molecule has 1 fully saturated rings. The predicted octanol–water partition coefficient (Wildman–Crippen LogP) is 10.6. The quantitative estimate of drug-likeness (QED) is 0.0988. The van der Waals surface area contributed by atoms with Crippen molar-refractivity contribution >= 4 is 7.82 Å². The van der Waals surface area contributed by atoms with Gasteiger partial charge in [-0.15, -0.1) is 0 Å². The Labute approximate surface area is 219 Å². The summed E-state index contributed by atoms with van der Waals surface area (Å²) in [5, 5.41) is 0. The fourth-order valence-electron chi connectivity index (χ4n) is 6.21. The number of unbranched alkanes of at least 4 members (excludes halogenated alkanes) is 18. The highest BCUT2D eigenvalue weighted by Gasteiger charge is 2.45. The molecule has 0 saturated heterocycles. The van der Waals surface area contributed by atoms with E-state index in [-0.39, 0.29) is 0 Å². The molecule has 2 atom stereocenters. The molecular formula is C30H61O4P. The van der Waals surface area contributed by atoms with Crippen LogP contribution in [-0.4, -0.2) is 15.4 Å². The summed E-state index contributed by atoms with van der Waals surface area (Å²) in [6, 6.07) is 0. The first kappa shape index (κ1) is 33.1. The Morgan fingerprint density at radius 2 is 1.09 bits per heavy atom. The maximum absolute atomic E-state index is 11.9. The lowest BCUT2D eigenvalue weighted by Gasteiger charge is -2.44. The van der Waals surface area contributed by atoms with Crippen LogP contribution in [-0.2, 0) is 9.09 Å². The summed E-state index contributed by atoms with van der Waals surface area (Å²) in [6.45, 7) is 4.53. The molecule has 0 aromatic rings. The molecule has 2 N–H and O–H groups in total. The molecule has 0 aromatic heterocycles. The Hall–Kier alpha value is 0.110. The maximum Gasteiger partial charge on any atom is 0.470 e. The van der Waals surface area contributed by atoms with Gasteiger partial charge >= 0.3 is 7.82 Å². The van der Waals surface area contributed by atoms with Crippen LogP contribution in [0, 0.1) is 5.92 Å². The molecular weight excluding hydrogens is 455 g/mol. The molecule has 0 aromatic carbocycles. The molecule has 0 bridgehead atoms. The fraction of sp³-hybridized carbons (Fsp3) is 1.00. The summed E-state index contributed by atoms with van der Waals surface area (Å²) in [4.78, 5) is 19.5. The van der Waals surface area contributed by atoms with E-state index in [1.807, 2.05) is 0 Å². The Balaban J connectivity index is 2.35.